The molecular weight excluding hydrogens is 448 g/mol. The highest BCUT2D eigenvalue weighted by Gasteiger charge is 2.38. The van der Waals surface area contributed by atoms with Gasteiger partial charge in [0.1, 0.15) is 11.5 Å². The third-order valence-electron chi connectivity index (χ3n) is 6.42. The molecule has 0 N–H and O–H groups in total. The zero-order valence-electron chi connectivity index (χ0n) is 19.9. The van der Waals surface area contributed by atoms with Crippen molar-refractivity contribution in [3.05, 3.63) is 84.4 Å². The number of piperidine rings is 1. The van der Waals surface area contributed by atoms with Crippen LogP contribution in [0, 0.1) is 5.92 Å². The molecule has 0 spiro atoms. The molecule has 3 aromatic carbocycles. The van der Waals surface area contributed by atoms with Crippen molar-refractivity contribution in [3.8, 4) is 11.5 Å². The standard InChI is InChI=1S/C27H32N2O4S/c1-21-19-28(20-22-8-5-4-6-9-22)17-16-27(21)29(23-10-7-11-25(18-23)33-3)34(30,31)26-14-12-24(32-2)13-15-26/h4-15,18,21,27H,16-17,19-20H2,1-3H3/t21-,27+/m1/s1. The van der Waals surface area contributed by atoms with Gasteiger partial charge in [-0.3, -0.25) is 9.21 Å². The lowest BCUT2D eigenvalue weighted by atomic mass is 9.93. The highest BCUT2D eigenvalue weighted by atomic mass is 32.2. The summed E-state index contributed by atoms with van der Waals surface area (Å²) in [6.07, 6.45) is 0.737. The second-order valence-corrected chi connectivity index (χ2v) is 10.5. The molecule has 0 aliphatic carbocycles. The summed E-state index contributed by atoms with van der Waals surface area (Å²) in [7, 11) is -0.653. The maximum absolute atomic E-state index is 14.0. The molecule has 7 heteroatoms. The third-order valence-corrected chi connectivity index (χ3v) is 8.29. The third kappa shape index (κ3) is 5.21. The predicted molar refractivity (Wildman–Crippen MR) is 135 cm³/mol. The van der Waals surface area contributed by atoms with Gasteiger partial charge in [-0.25, -0.2) is 8.42 Å². The molecule has 2 atom stereocenters. The number of nitrogens with zero attached hydrogens (tertiary/aromatic N) is 2. The first-order valence-electron chi connectivity index (χ1n) is 11.5. The predicted octanol–water partition coefficient (Wildman–Crippen LogP) is 4.81. The number of likely N-dealkylation sites (tertiary alicyclic amines) is 1. The SMILES string of the molecule is COc1ccc(S(=O)(=O)N(c2cccc(OC)c2)[C@H]2CCN(Cc3ccccc3)C[C@H]2C)cc1. The molecule has 1 aliphatic heterocycles. The van der Waals surface area contributed by atoms with Crippen LogP contribution in [-0.2, 0) is 16.6 Å². The van der Waals surface area contributed by atoms with Gasteiger partial charge in [-0.15, -0.1) is 0 Å². The highest BCUT2D eigenvalue weighted by Crippen LogP contribution is 2.35. The van der Waals surface area contributed by atoms with Crippen LogP contribution >= 0.6 is 0 Å². The van der Waals surface area contributed by atoms with E-state index < -0.39 is 10.0 Å². The number of benzene rings is 3. The first-order valence-corrected chi connectivity index (χ1v) is 12.9. The molecule has 3 aromatic rings. The van der Waals surface area contributed by atoms with Gasteiger partial charge in [-0.2, -0.15) is 0 Å². The average molecular weight is 481 g/mol. The summed E-state index contributed by atoms with van der Waals surface area (Å²) in [4.78, 5) is 2.65. The van der Waals surface area contributed by atoms with Crippen LogP contribution in [-0.4, -0.2) is 46.7 Å². The van der Waals surface area contributed by atoms with Crippen molar-refractivity contribution in [1.82, 2.24) is 4.90 Å². The van der Waals surface area contributed by atoms with E-state index in [2.05, 4.69) is 36.1 Å². The number of methoxy groups -OCH3 is 2. The summed E-state index contributed by atoms with van der Waals surface area (Å²) in [5.41, 5.74) is 1.88. The minimum Gasteiger partial charge on any atom is -0.497 e. The van der Waals surface area contributed by atoms with E-state index in [-0.39, 0.29) is 16.9 Å². The van der Waals surface area contributed by atoms with Crippen LogP contribution < -0.4 is 13.8 Å². The van der Waals surface area contributed by atoms with Crippen molar-refractivity contribution >= 4 is 15.7 Å². The van der Waals surface area contributed by atoms with E-state index in [0.717, 1.165) is 26.1 Å². The van der Waals surface area contributed by atoms with Gasteiger partial charge < -0.3 is 9.47 Å². The molecule has 0 saturated carbocycles. The summed E-state index contributed by atoms with van der Waals surface area (Å²) in [6.45, 7) is 4.64. The summed E-state index contributed by atoms with van der Waals surface area (Å²) in [6, 6.07) is 24.1. The van der Waals surface area contributed by atoms with Crippen LogP contribution in [0.1, 0.15) is 18.9 Å². The second-order valence-electron chi connectivity index (χ2n) is 8.73. The first-order chi connectivity index (χ1) is 16.4. The van der Waals surface area contributed by atoms with Gasteiger partial charge in [0.25, 0.3) is 10.0 Å². The molecule has 4 rings (SSSR count). The smallest absolute Gasteiger partial charge is 0.264 e. The van der Waals surface area contributed by atoms with E-state index in [1.807, 2.05) is 24.3 Å². The number of ether oxygens (including phenoxy) is 2. The monoisotopic (exact) mass is 480 g/mol. The molecule has 0 unspecified atom stereocenters. The maximum atomic E-state index is 14.0. The van der Waals surface area contributed by atoms with Crippen molar-refractivity contribution < 1.29 is 17.9 Å². The Bertz CT molecular complexity index is 1180. The number of sulfonamides is 1. The minimum atomic E-state index is -3.81. The van der Waals surface area contributed by atoms with Crippen LogP contribution in [0.4, 0.5) is 5.69 Å². The average Bonchev–Trinajstić information content (AvgIpc) is 2.86. The van der Waals surface area contributed by atoms with Gasteiger partial charge in [0, 0.05) is 25.7 Å². The van der Waals surface area contributed by atoms with E-state index in [0.29, 0.717) is 17.2 Å². The lowest BCUT2D eigenvalue weighted by molar-refractivity contribution is 0.159. The highest BCUT2D eigenvalue weighted by molar-refractivity contribution is 7.92. The number of anilines is 1. The molecule has 0 bridgehead atoms. The summed E-state index contributed by atoms with van der Waals surface area (Å²) >= 11 is 0. The zero-order valence-corrected chi connectivity index (χ0v) is 20.7. The lowest BCUT2D eigenvalue weighted by Crippen LogP contribution is -2.52. The molecule has 6 nitrogen and oxygen atoms in total. The van der Waals surface area contributed by atoms with E-state index in [1.54, 1.807) is 48.9 Å². The minimum absolute atomic E-state index is 0.136. The summed E-state index contributed by atoms with van der Waals surface area (Å²) in [5, 5.41) is 0. The molecule has 1 fully saturated rings. The van der Waals surface area contributed by atoms with E-state index in [9.17, 15) is 8.42 Å². The van der Waals surface area contributed by atoms with Gasteiger partial charge in [0.05, 0.1) is 30.8 Å². The van der Waals surface area contributed by atoms with Crippen LogP contribution in [0.5, 0.6) is 11.5 Å². The van der Waals surface area contributed by atoms with Gasteiger partial charge in [-0.05, 0) is 54.3 Å². The molecule has 180 valence electrons. The molecule has 0 radical (unpaired) electrons. The fourth-order valence-electron chi connectivity index (χ4n) is 4.67. The van der Waals surface area contributed by atoms with Crippen molar-refractivity contribution in [2.45, 2.75) is 30.8 Å². The van der Waals surface area contributed by atoms with Crippen LogP contribution in [0.25, 0.3) is 0 Å². The van der Waals surface area contributed by atoms with Crippen molar-refractivity contribution in [2.75, 3.05) is 31.6 Å². The Kier molecular flexibility index (Phi) is 7.44. The van der Waals surface area contributed by atoms with E-state index in [1.165, 1.54) is 5.56 Å². The van der Waals surface area contributed by atoms with Gasteiger partial charge in [-0.1, -0.05) is 43.3 Å². The number of hydrogen-bond acceptors (Lipinski definition) is 5. The molecule has 1 aliphatic rings. The molecular formula is C27H32N2O4S. The van der Waals surface area contributed by atoms with E-state index in [4.69, 9.17) is 9.47 Å². The Balaban J connectivity index is 1.65. The fourth-order valence-corrected chi connectivity index (χ4v) is 6.44. The lowest BCUT2D eigenvalue weighted by Gasteiger charge is -2.43. The topological polar surface area (TPSA) is 59.1 Å². The van der Waals surface area contributed by atoms with Crippen molar-refractivity contribution in [3.63, 3.8) is 0 Å². The Morgan fingerprint density at radius 1 is 0.912 bits per heavy atom. The van der Waals surface area contributed by atoms with Gasteiger partial charge >= 0.3 is 0 Å². The molecule has 0 aromatic heterocycles. The first kappa shape index (κ1) is 24.1. The largest absolute Gasteiger partial charge is 0.497 e. The maximum Gasteiger partial charge on any atom is 0.264 e. The zero-order chi connectivity index (χ0) is 24.1. The fraction of sp³-hybridized carbons (Fsp3) is 0.333. The Labute approximate surface area is 202 Å². The van der Waals surface area contributed by atoms with Crippen LogP contribution in [0.2, 0.25) is 0 Å². The molecule has 34 heavy (non-hydrogen) atoms. The summed E-state index contributed by atoms with van der Waals surface area (Å²) < 4.78 is 40.2. The Morgan fingerprint density at radius 3 is 2.26 bits per heavy atom. The quantitative estimate of drug-likeness (QED) is 0.463. The molecule has 0 amide bonds. The Morgan fingerprint density at radius 2 is 1.62 bits per heavy atom. The Hall–Kier alpha value is -3.03. The van der Waals surface area contributed by atoms with Crippen molar-refractivity contribution in [2.24, 2.45) is 5.92 Å². The summed E-state index contributed by atoms with van der Waals surface area (Å²) in [5.74, 6) is 1.38. The van der Waals surface area contributed by atoms with Gasteiger partial charge in [0.2, 0.25) is 0 Å². The second kappa shape index (κ2) is 10.5. The van der Waals surface area contributed by atoms with Crippen molar-refractivity contribution in [1.29, 1.82) is 0 Å². The molecule has 1 saturated heterocycles. The number of rotatable bonds is 8. The van der Waals surface area contributed by atoms with Gasteiger partial charge in [0.15, 0.2) is 0 Å². The molecule has 1 heterocycles. The van der Waals surface area contributed by atoms with Crippen LogP contribution in [0.15, 0.2) is 83.8 Å². The normalized spacial score (nSPS) is 18.9. The van der Waals surface area contributed by atoms with Crippen LogP contribution in [0.3, 0.4) is 0 Å². The van der Waals surface area contributed by atoms with E-state index >= 15 is 0 Å². The number of hydrogen-bond donors (Lipinski definition) is 0.